The average molecular weight is 818 g/mol. The van der Waals surface area contributed by atoms with Gasteiger partial charge in [-0.25, -0.2) is 0 Å². The van der Waals surface area contributed by atoms with Crippen LogP contribution in [-0.2, 0) is 0 Å². The van der Waals surface area contributed by atoms with E-state index in [4.69, 9.17) is 0 Å². The van der Waals surface area contributed by atoms with Crippen molar-refractivity contribution in [1.29, 1.82) is 5.26 Å². The van der Waals surface area contributed by atoms with Gasteiger partial charge in [-0.3, -0.25) is 10.2 Å². The summed E-state index contributed by atoms with van der Waals surface area (Å²) in [7, 11) is 0. The van der Waals surface area contributed by atoms with E-state index < -0.39 is 0 Å². The van der Waals surface area contributed by atoms with Crippen molar-refractivity contribution in [2.75, 3.05) is 0 Å². The average Bonchev–Trinajstić information content (AvgIpc) is 3.86. The second-order valence-corrected chi connectivity index (χ2v) is 22.9. The predicted octanol–water partition coefficient (Wildman–Crippen LogP) is 12.3. The Kier molecular flexibility index (Phi) is 9.90. The highest BCUT2D eigenvalue weighted by molar-refractivity contribution is 5.61. The lowest BCUT2D eigenvalue weighted by atomic mass is 9.72. The van der Waals surface area contributed by atoms with Crippen LogP contribution in [0.2, 0.25) is 0 Å². The molecular formula is C56H75N5. The molecule has 5 nitrogen and oxygen atoms in total. The van der Waals surface area contributed by atoms with Crippen LogP contribution in [0.1, 0.15) is 163 Å². The van der Waals surface area contributed by atoms with Crippen LogP contribution in [0, 0.1) is 52.3 Å². The quantitative estimate of drug-likeness (QED) is 0.280. The summed E-state index contributed by atoms with van der Waals surface area (Å²) in [6.07, 6.45) is 45.1. The molecule has 5 fully saturated rings. The summed E-state index contributed by atoms with van der Waals surface area (Å²) in [5.41, 5.74) is 15.0. The zero-order chi connectivity index (χ0) is 41.1. The van der Waals surface area contributed by atoms with Crippen LogP contribution in [0.3, 0.4) is 0 Å². The van der Waals surface area contributed by atoms with Crippen molar-refractivity contribution in [1.82, 2.24) is 20.0 Å². The Balaban J connectivity index is 0.985. The number of fused-ring (bicyclic) bond motifs is 7. The first-order valence-electron chi connectivity index (χ1n) is 26.0. The molecule has 12 aliphatic rings. The molecule has 4 saturated carbocycles. The minimum Gasteiger partial charge on any atom is -0.366 e. The molecule has 61 heavy (non-hydrogen) atoms. The van der Waals surface area contributed by atoms with Gasteiger partial charge >= 0.3 is 0 Å². The van der Waals surface area contributed by atoms with Crippen molar-refractivity contribution >= 4 is 0 Å². The lowest BCUT2D eigenvalue weighted by Gasteiger charge is -2.59. The molecule has 0 bridgehead atoms. The smallest absolute Gasteiger partial charge is 0.0892 e. The molecule has 1 N–H and O–H groups in total. The molecule has 0 amide bonds. The number of allylic oxidation sites excluding steroid dienone is 10. The van der Waals surface area contributed by atoms with Crippen LogP contribution in [0.25, 0.3) is 0 Å². The Morgan fingerprint density at radius 1 is 0.721 bits per heavy atom. The van der Waals surface area contributed by atoms with Crippen LogP contribution in [0.4, 0.5) is 0 Å². The Morgan fingerprint density at radius 3 is 2.39 bits per heavy atom. The third-order valence-corrected chi connectivity index (χ3v) is 19.2. The molecular weight excluding hydrogens is 743 g/mol. The summed E-state index contributed by atoms with van der Waals surface area (Å²) in [5, 5.41) is 15.9. The van der Waals surface area contributed by atoms with E-state index >= 15 is 0 Å². The highest BCUT2D eigenvalue weighted by Crippen LogP contribution is 2.60. The highest BCUT2D eigenvalue weighted by atomic mass is 15.5. The van der Waals surface area contributed by atoms with E-state index in [1.807, 2.05) is 5.57 Å². The molecule has 12 atom stereocenters. The third kappa shape index (κ3) is 6.09. The minimum atomic E-state index is -0.0954. The topological polar surface area (TPSA) is 45.5 Å². The molecule has 0 radical (unpaired) electrons. The Hall–Kier alpha value is -3.07. The SMILES string of the molecule is CC1CCC2=C(C1)C1CC(C)CCC1N2C1CC(N2C3=C(C=CCC3)C3CCCCC32)C(C#N)C=C1C1NC(C2=C3C(CC=C2)C2=CCCC=C2C3(C)C)N1C1CCCCC1. The second kappa shape index (κ2) is 15.3. The van der Waals surface area contributed by atoms with E-state index in [0.717, 1.165) is 37.5 Å². The minimum absolute atomic E-state index is 0.0615. The molecule has 12 unspecified atom stereocenters. The van der Waals surface area contributed by atoms with Gasteiger partial charge in [-0.05, 0) is 154 Å². The third-order valence-electron chi connectivity index (χ3n) is 19.2. The van der Waals surface area contributed by atoms with Crippen LogP contribution < -0.4 is 5.32 Å². The van der Waals surface area contributed by atoms with Gasteiger partial charge in [0.1, 0.15) is 0 Å². The van der Waals surface area contributed by atoms with Gasteiger partial charge in [-0.2, -0.15) is 5.26 Å². The monoisotopic (exact) mass is 818 g/mol. The van der Waals surface area contributed by atoms with Gasteiger partial charge in [-0.1, -0.05) is 102 Å². The van der Waals surface area contributed by atoms with Gasteiger partial charge in [0.15, 0.2) is 0 Å². The zero-order valence-corrected chi connectivity index (χ0v) is 38.2. The van der Waals surface area contributed by atoms with Gasteiger partial charge in [0.25, 0.3) is 0 Å². The summed E-state index contributed by atoms with van der Waals surface area (Å²) < 4.78 is 0. The van der Waals surface area contributed by atoms with E-state index in [-0.39, 0.29) is 29.7 Å². The van der Waals surface area contributed by atoms with E-state index in [1.54, 1.807) is 44.8 Å². The van der Waals surface area contributed by atoms with Crippen molar-refractivity contribution in [3.63, 3.8) is 0 Å². The van der Waals surface area contributed by atoms with Crippen molar-refractivity contribution < 1.29 is 0 Å². The van der Waals surface area contributed by atoms with E-state index in [2.05, 4.69) is 96.3 Å². The standard InChI is InChI=1S/C56H75N5/c1-34-25-27-49-43(29-34)44-30-35(2)26-28-50(44)61(49)52-32-51(60-47-23-12-9-18-39(47)40-19-10-13-24-48(40)60)36(33-57)31-45(52)55-58-54(59(55)37-15-6-5-7-16-37)42-21-14-20-41-38-17-8-11-22-46(38)56(3,4)53(41)42/h9,14,17-18,21-22,31,34-37,40-41,43,48-49,51-52,54-55,58H,5-8,10-13,15-16,19-20,23-30,32H2,1-4H3. The molecule has 0 spiro atoms. The molecule has 12 rings (SSSR count). The van der Waals surface area contributed by atoms with Gasteiger partial charge in [0.2, 0.25) is 0 Å². The molecule has 3 aliphatic heterocycles. The number of nitriles is 1. The van der Waals surface area contributed by atoms with Crippen molar-refractivity contribution in [3.05, 3.63) is 92.9 Å². The lowest BCUT2D eigenvalue weighted by Crippen LogP contribution is -2.75. The van der Waals surface area contributed by atoms with Crippen molar-refractivity contribution in [2.24, 2.45) is 40.9 Å². The molecule has 1 saturated heterocycles. The highest BCUT2D eigenvalue weighted by Gasteiger charge is 2.57. The van der Waals surface area contributed by atoms with Crippen molar-refractivity contribution in [3.8, 4) is 6.07 Å². The summed E-state index contributed by atoms with van der Waals surface area (Å²) in [6, 6.07) is 5.39. The maximum absolute atomic E-state index is 11.5. The van der Waals surface area contributed by atoms with E-state index in [0.29, 0.717) is 41.9 Å². The van der Waals surface area contributed by atoms with Crippen LogP contribution in [0.5, 0.6) is 0 Å². The molecule has 0 aromatic heterocycles. The van der Waals surface area contributed by atoms with E-state index in [1.165, 1.54) is 109 Å². The predicted molar refractivity (Wildman–Crippen MR) is 247 cm³/mol. The van der Waals surface area contributed by atoms with Crippen LogP contribution in [-0.4, -0.2) is 57.2 Å². The van der Waals surface area contributed by atoms with Crippen molar-refractivity contribution in [2.45, 2.75) is 205 Å². The fourth-order valence-electron chi connectivity index (χ4n) is 16.7. The fraction of sp³-hybridized carbons (Fsp3) is 0.696. The number of hydrogen-bond acceptors (Lipinski definition) is 5. The lowest BCUT2D eigenvalue weighted by molar-refractivity contribution is -0.0470. The summed E-state index contributed by atoms with van der Waals surface area (Å²) in [4.78, 5) is 9.10. The molecule has 5 heteroatoms. The fourth-order valence-corrected chi connectivity index (χ4v) is 16.7. The van der Waals surface area contributed by atoms with Crippen LogP contribution in [0.15, 0.2) is 92.9 Å². The van der Waals surface area contributed by atoms with Gasteiger partial charge in [0, 0.05) is 52.7 Å². The van der Waals surface area contributed by atoms with Gasteiger partial charge < -0.3 is 9.80 Å². The second-order valence-electron chi connectivity index (χ2n) is 22.9. The summed E-state index contributed by atoms with van der Waals surface area (Å²) in [5.74, 6) is 3.40. The number of nitrogens with zero attached hydrogens (tertiary/aromatic N) is 4. The summed E-state index contributed by atoms with van der Waals surface area (Å²) >= 11 is 0. The Bertz CT molecular complexity index is 2110. The normalized spacial score (nSPS) is 41.9. The molecule has 0 aromatic rings. The molecule has 324 valence electrons. The molecule has 3 heterocycles. The maximum atomic E-state index is 11.5. The largest absolute Gasteiger partial charge is 0.366 e. The van der Waals surface area contributed by atoms with Gasteiger partial charge in [0.05, 0.1) is 36.4 Å². The Labute approximate surface area is 368 Å². The number of hydrogen-bond donors (Lipinski definition) is 1. The Morgan fingerprint density at radius 2 is 1.52 bits per heavy atom. The molecule has 9 aliphatic carbocycles. The zero-order valence-electron chi connectivity index (χ0n) is 38.2. The van der Waals surface area contributed by atoms with E-state index in [9.17, 15) is 5.26 Å². The number of rotatable bonds is 5. The summed E-state index contributed by atoms with van der Waals surface area (Å²) in [6.45, 7) is 10.1. The first kappa shape index (κ1) is 39.5. The van der Waals surface area contributed by atoms with Crippen LogP contribution >= 0.6 is 0 Å². The van der Waals surface area contributed by atoms with Gasteiger partial charge in [-0.15, -0.1) is 0 Å². The number of nitrogens with one attached hydrogen (secondary N) is 1. The first-order valence-corrected chi connectivity index (χ1v) is 26.0. The molecule has 0 aromatic carbocycles. The first-order chi connectivity index (χ1) is 29.8. The maximum Gasteiger partial charge on any atom is 0.0892 e.